The number of aromatic nitrogens is 3. The lowest BCUT2D eigenvalue weighted by Gasteiger charge is -2.06. The van der Waals surface area contributed by atoms with Gasteiger partial charge in [-0.1, -0.05) is 23.7 Å². The molecule has 0 aliphatic carbocycles. The minimum absolute atomic E-state index is 0.410. The molecule has 0 radical (unpaired) electrons. The number of esters is 1. The second kappa shape index (κ2) is 5.18. The van der Waals surface area contributed by atoms with Crippen LogP contribution in [0, 0.1) is 6.92 Å². The Kier molecular flexibility index (Phi) is 3.35. The first kappa shape index (κ1) is 13.6. The number of carbonyl (C=O) groups is 1. The van der Waals surface area contributed by atoms with Crippen molar-refractivity contribution >= 4 is 23.2 Å². The zero-order valence-corrected chi connectivity index (χ0v) is 12.3. The van der Waals surface area contributed by atoms with Gasteiger partial charge in [-0.3, -0.25) is 4.40 Å². The highest BCUT2D eigenvalue weighted by Gasteiger charge is 2.14. The molecule has 106 valence electrons. The van der Waals surface area contributed by atoms with E-state index >= 15 is 0 Å². The highest BCUT2D eigenvalue weighted by atomic mass is 35.5. The lowest BCUT2D eigenvalue weighted by atomic mass is 10.1. The molecular formula is C15H12ClN3O2. The summed E-state index contributed by atoms with van der Waals surface area (Å²) in [6, 6.07) is 9.07. The standard InChI is InChI=1S/C15H12ClN3O2/c1-9-4-3-5-11(13(9)16)14-18-17-12-7-6-10(8-19(12)14)15(20)21-2/h3-8H,1-2H3. The number of rotatable bonds is 2. The van der Waals surface area contributed by atoms with Crippen molar-refractivity contribution in [1.29, 1.82) is 0 Å². The number of fused-ring (bicyclic) bond motifs is 1. The summed E-state index contributed by atoms with van der Waals surface area (Å²) in [5, 5.41) is 8.89. The van der Waals surface area contributed by atoms with E-state index in [9.17, 15) is 4.79 Å². The summed E-state index contributed by atoms with van der Waals surface area (Å²) in [4.78, 5) is 11.6. The van der Waals surface area contributed by atoms with E-state index < -0.39 is 5.97 Å². The molecule has 0 N–H and O–H groups in total. The zero-order chi connectivity index (χ0) is 15.0. The predicted molar refractivity (Wildman–Crippen MR) is 79.5 cm³/mol. The minimum atomic E-state index is -0.410. The van der Waals surface area contributed by atoms with Crippen molar-refractivity contribution < 1.29 is 9.53 Å². The van der Waals surface area contributed by atoms with Crippen LogP contribution in [0.4, 0.5) is 0 Å². The quantitative estimate of drug-likeness (QED) is 0.682. The Morgan fingerprint density at radius 1 is 1.24 bits per heavy atom. The maximum Gasteiger partial charge on any atom is 0.339 e. The Morgan fingerprint density at radius 3 is 2.81 bits per heavy atom. The summed E-state index contributed by atoms with van der Waals surface area (Å²) in [5.41, 5.74) is 2.78. The third-order valence-corrected chi connectivity index (χ3v) is 3.76. The Bertz CT molecular complexity index is 842. The van der Waals surface area contributed by atoms with Gasteiger partial charge in [0.1, 0.15) is 0 Å². The number of ether oxygens (including phenoxy) is 1. The van der Waals surface area contributed by atoms with Gasteiger partial charge in [0.25, 0.3) is 0 Å². The van der Waals surface area contributed by atoms with E-state index in [0.29, 0.717) is 22.1 Å². The van der Waals surface area contributed by atoms with E-state index in [1.807, 2.05) is 25.1 Å². The second-order valence-corrected chi connectivity index (χ2v) is 4.98. The van der Waals surface area contributed by atoms with Crippen LogP contribution in [0.3, 0.4) is 0 Å². The van der Waals surface area contributed by atoms with Gasteiger partial charge < -0.3 is 4.74 Å². The molecule has 5 nitrogen and oxygen atoms in total. The van der Waals surface area contributed by atoms with Gasteiger partial charge in [-0.25, -0.2) is 4.79 Å². The second-order valence-electron chi connectivity index (χ2n) is 4.60. The fourth-order valence-corrected chi connectivity index (χ4v) is 2.34. The van der Waals surface area contributed by atoms with Crippen LogP contribution in [0.25, 0.3) is 17.0 Å². The first-order valence-electron chi connectivity index (χ1n) is 6.30. The van der Waals surface area contributed by atoms with Crippen LogP contribution < -0.4 is 0 Å². The van der Waals surface area contributed by atoms with Gasteiger partial charge in [0, 0.05) is 11.8 Å². The topological polar surface area (TPSA) is 56.5 Å². The van der Waals surface area contributed by atoms with Crippen molar-refractivity contribution in [3.63, 3.8) is 0 Å². The largest absolute Gasteiger partial charge is 0.465 e. The number of nitrogens with zero attached hydrogens (tertiary/aromatic N) is 3. The van der Waals surface area contributed by atoms with Crippen LogP contribution in [0.5, 0.6) is 0 Å². The van der Waals surface area contributed by atoms with Crippen LogP contribution in [0.1, 0.15) is 15.9 Å². The van der Waals surface area contributed by atoms with Crippen LogP contribution in [0.2, 0.25) is 5.02 Å². The number of halogens is 1. The summed E-state index contributed by atoms with van der Waals surface area (Å²) in [5.74, 6) is 0.177. The molecule has 21 heavy (non-hydrogen) atoms. The summed E-state index contributed by atoms with van der Waals surface area (Å²) in [6.45, 7) is 1.93. The number of aryl methyl sites for hydroxylation is 1. The Morgan fingerprint density at radius 2 is 2.05 bits per heavy atom. The van der Waals surface area contributed by atoms with E-state index in [2.05, 4.69) is 10.2 Å². The number of hydrogen-bond acceptors (Lipinski definition) is 4. The summed E-state index contributed by atoms with van der Waals surface area (Å²) < 4.78 is 6.46. The highest BCUT2D eigenvalue weighted by molar-refractivity contribution is 6.34. The van der Waals surface area contributed by atoms with E-state index in [1.165, 1.54) is 7.11 Å². The molecule has 0 aliphatic rings. The van der Waals surface area contributed by atoms with E-state index in [0.717, 1.165) is 11.1 Å². The maximum atomic E-state index is 11.6. The third kappa shape index (κ3) is 2.25. The maximum absolute atomic E-state index is 11.6. The van der Waals surface area contributed by atoms with Crippen molar-refractivity contribution in [2.75, 3.05) is 7.11 Å². The Hall–Kier alpha value is -2.40. The average Bonchev–Trinajstić information content (AvgIpc) is 2.92. The van der Waals surface area contributed by atoms with E-state index in [-0.39, 0.29) is 0 Å². The normalized spacial score (nSPS) is 10.8. The highest BCUT2D eigenvalue weighted by Crippen LogP contribution is 2.29. The Labute approximate surface area is 126 Å². The van der Waals surface area contributed by atoms with Crippen molar-refractivity contribution in [2.45, 2.75) is 6.92 Å². The van der Waals surface area contributed by atoms with Gasteiger partial charge in [-0.2, -0.15) is 0 Å². The van der Waals surface area contributed by atoms with E-state index in [1.54, 1.807) is 22.7 Å². The van der Waals surface area contributed by atoms with Gasteiger partial charge in [0.15, 0.2) is 11.5 Å². The smallest absolute Gasteiger partial charge is 0.339 e. The summed E-state index contributed by atoms with van der Waals surface area (Å²) in [6.07, 6.45) is 1.65. The van der Waals surface area contributed by atoms with Crippen LogP contribution >= 0.6 is 11.6 Å². The molecule has 3 aromatic rings. The molecular weight excluding hydrogens is 290 g/mol. The molecule has 2 aromatic heterocycles. The van der Waals surface area contributed by atoms with Gasteiger partial charge in [-0.05, 0) is 30.7 Å². The first-order chi connectivity index (χ1) is 10.1. The number of pyridine rings is 1. The van der Waals surface area contributed by atoms with Crippen molar-refractivity contribution in [3.05, 3.63) is 52.7 Å². The molecule has 0 saturated carbocycles. The van der Waals surface area contributed by atoms with Crippen LogP contribution in [-0.4, -0.2) is 27.7 Å². The fourth-order valence-electron chi connectivity index (χ4n) is 2.13. The molecule has 0 unspecified atom stereocenters. The number of benzene rings is 1. The summed E-state index contributed by atoms with van der Waals surface area (Å²) in [7, 11) is 1.34. The third-order valence-electron chi connectivity index (χ3n) is 3.26. The van der Waals surface area contributed by atoms with E-state index in [4.69, 9.17) is 16.3 Å². The molecule has 0 atom stereocenters. The number of carbonyl (C=O) groups excluding carboxylic acids is 1. The fraction of sp³-hybridized carbons (Fsp3) is 0.133. The predicted octanol–water partition coefficient (Wildman–Crippen LogP) is 3.14. The Balaban J connectivity index is 2.23. The van der Waals surface area contributed by atoms with Gasteiger partial charge in [0.05, 0.1) is 17.7 Å². The van der Waals surface area contributed by atoms with Gasteiger partial charge in [-0.15, -0.1) is 10.2 Å². The molecule has 0 fully saturated rings. The lowest BCUT2D eigenvalue weighted by Crippen LogP contribution is -2.03. The van der Waals surface area contributed by atoms with Crippen molar-refractivity contribution in [3.8, 4) is 11.4 Å². The molecule has 0 spiro atoms. The first-order valence-corrected chi connectivity index (χ1v) is 6.68. The lowest BCUT2D eigenvalue weighted by molar-refractivity contribution is 0.0600. The SMILES string of the molecule is COC(=O)c1ccc2nnc(-c3cccc(C)c3Cl)n2c1. The summed E-state index contributed by atoms with van der Waals surface area (Å²) >= 11 is 6.34. The number of hydrogen-bond donors (Lipinski definition) is 0. The monoisotopic (exact) mass is 301 g/mol. The molecule has 0 bridgehead atoms. The van der Waals surface area contributed by atoms with Gasteiger partial charge in [0.2, 0.25) is 0 Å². The minimum Gasteiger partial charge on any atom is -0.465 e. The average molecular weight is 302 g/mol. The number of methoxy groups -OCH3 is 1. The van der Waals surface area contributed by atoms with Crippen LogP contribution in [0.15, 0.2) is 36.5 Å². The molecule has 0 amide bonds. The zero-order valence-electron chi connectivity index (χ0n) is 11.5. The molecule has 1 aromatic carbocycles. The molecule has 0 aliphatic heterocycles. The molecule has 6 heteroatoms. The molecule has 3 rings (SSSR count). The molecule has 2 heterocycles. The van der Waals surface area contributed by atoms with Gasteiger partial charge >= 0.3 is 5.97 Å². The van der Waals surface area contributed by atoms with Crippen molar-refractivity contribution in [2.24, 2.45) is 0 Å². The van der Waals surface area contributed by atoms with Crippen molar-refractivity contribution in [1.82, 2.24) is 14.6 Å². The molecule has 0 saturated heterocycles. The van der Waals surface area contributed by atoms with Crippen LogP contribution in [-0.2, 0) is 4.74 Å².